The van der Waals surface area contributed by atoms with E-state index < -0.39 is 5.91 Å². The van der Waals surface area contributed by atoms with Crippen LogP contribution < -0.4 is 25.5 Å². The van der Waals surface area contributed by atoms with Crippen molar-refractivity contribution in [1.82, 2.24) is 30.7 Å². The number of hydrogen-bond acceptors (Lipinski definition) is 11. The van der Waals surface area contributed by atoms with E-state index in [9.17, 15) is 4.79 Å². The number of ether oxygens (including phenoxy) is 2. The lowest BCUT2D eigenvalue weighted by molar-refractivity contribution is 0.0949. The van der Waals surface area contributed by atoms with Gasteiger partial charge in [-0.3, -0.25) is 4.79 Å². The quantitative estimate of drug-likeness (QED) is 0.269. The molecule has 0 radical (unpaired) electrons. The molecule has 0 saturated carbocycles. The predicted octanol–water partition coefficient (Wildman–Crippen LogP) is 1.97. The number of para-hydroxylation sites is 1. The van der Waals surface area contributed by atoms with Gasteiger partial charge >= 0.3 is 0 Å². The molecule has 13 heteroatoms. The van der Waals surface area contributed by atoms with Crippen molar-refractivity contribution < 1.29 is 18.9 Å². The van der Waals surface area contributed by atoms with Crippen molar-refractivity contribution in [1.29, 1.82) is 0 Å². The Kier molecular flexibility index (Phi) is 6.66. The number of hydrogen-bond donors (Lipinski definition) is 2. The van der Waals surface area contributed by atoms with Crippen LogP contribution in [0.3, 0.4) is 0 Å². The third kappa shape index (κ3) is 4.78. The molecule has 0 atom stereocenters. The van der Waals surface area contributed by atoms with Crippen molar-refractivity contribution in [3.8, 4) is 17.3 Å². The summed E-state index contributed by atoms with van der Waals surface area (Å²) in [7, 11) is 3.11. The van der Waals surface area contributed by atoms with Crippen LogP contribution in [0.4, 0.5) is 11.5 Å². The largest absolute Gasteiger partial charge is 0.497 e. The van der Waals surface area contributed by atoms with E-state index in [0.29, 0.717) is 29.3 Å². The highest BCUT2D eigenvalue weighted by atomic mass is 16.6. The molecule has 37 heavy (non-hydrogen) atoms. The molecular formula is C24H25N9O4. The molecule has 3 N–H and O–H groups in total. The van der Waals surface area contributed by atoms with Crippen LogP contribution in [-0.2, 0) is 13.0 Å². The molecular weight excluding hydrogens is 478 g/mol. The average molecular weight is 504 g/mol. The van der Waals surface area contributed by atoms with Gasteiger partial charge in [-0.05, 0) is 53.0 Å². The third-order valence-electron chi connectivity index (χ3n) is 6.03. The number of nitrogens with one attached hydrogen (secondary N) is 1. The zero-order chi connectivity index (χ0) is 25.8. The van der Waals surface area contributed by atoms with Crippen molar-refractivity contribution in [3.63, 3.8) is 0 Å². The Morgan fingerprint density at radius 1 is 1.22 bits per heavy atom. The lowest BCUT2D eigenvalue weighted by atomic mass is 10.0. The normalized spacial score (nSPS) is 13.0. The van der Waals surface area contributed by atoms with Gasteiger partial charge in [0.05, 0.1) is 32.7 Å². The number of amides is 1. The summed E-state index contributed by atoms with van der Waals surface area (Å²) < 4.78 is 16.7. The number of hydrazone groups is 1. The van der Waals surface area contributed by atoms with Crippen LogP contribution >= 0.6 is 0 Å². The molecule has 1 amide bonds. The number of nitrogen functional groups attached to an aromatic ring is 1. The summed E-state index contributed by atoms with van der Waals surface area (Å²) in [4.78, 5) is 15.3. The van der Waals surface area contributed by atoms with E-state index in [1.165, 1.54) is 16.5 Å². The topological polar surface area (TPSA) is 159 Å². The Balaban J connectivity index is 1.44. The number of nitrogens with two attached hydrogens (primary N) is 1. The number of carbonyl (C=O) groups is 1. The Bertz CT molecular complexity index is 1450. The van der Waals surface area contributed by atoms with Crippen molar-refractivity contribution in [3.05, 3.63) is 65.0 Å². The van der Waals surface area contributed by atoms with Crippen LogP contribution in [0.1, 0.15) is 33.7 Å². The van der Waals surface area contributed by atoms with Gasteiger partial charge in [-0.15, -0.1) is 5.10 Å². The first-order valence-corrected chi connectivity index (χ1v) is 11.5. The zero-order valence-electron chi connectivity index (χ0n) is 20.3. The standard InChI is InChI=1S/C24H25N9O4/c1-35-17-9-10-20(36-2)16(12-17)13-26-28-24(34)21-19(33(31-27-21)23-22(25)29-37-30-23)14-32-11-5-7-15-6-3-4-8-18(15)32/h3-4,6,8-10,12-13H,5,7,11,14H2,1-2H3,(H2,25,29)(H,28,34)/b26-13-. The summed E-state index contributed by atoms with van der Waals surface area (Å²) in [6, 6.07) is 13.4. The number of nitrogens with zero attached hydrogens (tertiary/aromatic N) is 7. The number of benzene rings is 2. The van der Waals surface area contributed by atoms with Crippen LogP contribution in [0.15, 0.2) is 52.2 Å². The molecule has 0 saturated heterocycles. The van der Waals surface area contributed by atoms with Crippen LogP contribution in [0.2, 0.25) is 0 Å². The second-order valence-electron chi connectivity index (χ2n) is 8.23. The van der Waals surface area contributed by atoms with E-state index in [4.69, 9.17) is 19.8 Å². The van der Waals surface area contributed by atoms with Crippen molar-refractivity contribution >= 4 is 23.6 Å². The average Bonchev–Trinajstić information content (AvgIpc) is 3.54. The van der Waals surface area contributed by atoms with E-state index in [1.807, 2.05) is 12.1 Å². The maximum Gasteiger partial charge on any atom is 0.293 e. The minimum absolute atomic E-state index is 0.0280. The summed E-state index contributed by atoms with van der Waals surface area (Å²) in [6.07, 6.45) is 3.42. The molecule has 1 aliphatic heterocycles. The van der Waals surface area contributed by atoms with Gasteiger partial charge in [0.25, 0.3) is 5.91 Å². The van der Waals surface area contributed by atoms with Crippen LogP contribution in [0.5, 0.6) is 11.5 Å². The summed E-state index contributed by atoms with van der Waals surface area (Å²) in [5, 5.41) is 19.8. The van der Waals surface area contributed by atoms with Crippen molar-refractivity contribution in [2.75, 3.05) is 31.4 Å². The number of rotatable bonds is 8. The Hall–Kier alpha value is -4.94. The molecule has 0 fully saturated rings. The fourth-order valence-electron chi connectivity index (χ4n) is 4.24. The van der Waals surface area contributed by atoms with Gasteiger partial charge in [-0.25, -0.2) is 10.1 Å². The van der Waals surface area contributed by atoms with Gasteiger partial charge in [-0.1, -0.05) is 23.4 Å². The summed E-state index contributed by atoms with van der Waals surface area (Å²) in [5.74, 6) is 0.819. The van der Waals surface area contributed by atoms with Gasteiger partial charge < -0.3 is 20.1 Å². The first-order valence-electron chi connectivity index (χ1n) is 11.5. The molecule has 0 bridgehead atoms. The number of fused-ring (bicyclic) bond motifs is 1. The second-order valence-corrected chi connectivity index (χ2v) is 8.23. The van der Waals surface area contributed by atoms with E-state index in [-0.39, 0.29) is 17.3 Å². The summed E-state index contributed by atoms with van der Waals surface area (Å²) in [5.41, 5.74) is 11.9. The molecule has 1 aliphatic rings. The fourth-order valence-corrected chi connectivity index (χ4v) is 4.24. The molecule has 13 nitrogen and oxygen atoms in total. The van der Waals surface area contributed by atoms with E-state index >= 15 is 0 Å². The molecule has 4 aromatic rings. The lowest BCUT2D eigenvalue weighted by Gasteiger charge is -2.31. The van der Waals surface area contributed by atoms with Gasteiger partial charge in [0, 0.05) is 17.8 Å². The van der Waals surface area contributed by atoms with Gasteiger partial charge in [0.1, 0.15) is 11.5 Å². The number of methoxy groups -OCH3 is 2. The Morgan fingerprint density at radius 3 is 2.86 bits per heavy atom. The molecule has 2 aromatic heterocycles. The minimum atomic E-state index is -0.556. The first kappa shape index (κ1) is 23.8. The molecule has 190 valence electrons. The van der Waals surface area contributed by atoms with E-state index in [1.54, 1.807) is 32.4 Å². The van der Waals surface area contributed by atoms with Crippen molar-refractivity contribution in [2.45, 2.75) is 19.4 Å². The third-order valence-corrected chi connectivity index (χ3v) is 6.03. The first-order chi connectivity index (χ1) is 18.1. The Morgan fingerprint density at radius 2 is 2.08 bits per heavy atom. The predicted molar refractivity (Wildman–Crippen MR) is 134 cm³/mol. The second kappa shape index (κ2) is 10.4. The molecule has 3 heterocycles. The van der Waals surface area contributed by atoms with Crippen molar-refractivity contribution in [2.24, 2.45) is 5.10 Å². The Labute approximate surface area is 211 Å². The molecule has 0 aliphatic carbocycles. The van der Waals surface area contributed by atoms with Gasteiger partial charge in [0.2, 0.25) is 11.6 Å². The van der Waals surface area contributed by atoms with Crippen LogP contribution in [0, 0.1) is 0 Å². The fraction of sp³-hybridized carbons (Fsp3) is 0.250. The monoisotopic (exact) mass is 503 g/mol. The van der Waals surface area contributed by atoms with Crippen LogP contribution in [0.25, 0.3) is 5.82 Å². The number of aromatic nitrogens is 5. The number of aryl methyl sites for hydroxylation is 1. The van der Waals surface area contributed by atoms with Gasteiger partial charge in [0.15, 0.2) is 5.69 Å². The SMILES string of the molecule is COc1ccc(OC)c(/C=N\NC(=O)c2nnn(-c3nonc3N)c2CN2CCCc3ccccc32)c1. The maximum atomic E-state index is 13.2. The number of anilines is 2. The minimum Gasteiger partial charge on any atom is -0.497 e. The zero-order valence-corrected chi connectivity index (χ0v) is 20.3. The highest BCUT2D eigenvalue weighted by Gasteiger charge is 2.27. The lowest BCUT2D eigenvalue weighted by Crippen LogP contribution is -2.31. The molecule has 0 unspecified atom stereocenters. The van der Waals surface area contributed by atoms with E-state index in [0.717, 1.165) is 25.1 Å². The smallest absolute Gasteiger partial charge is 0.293 e. The number of carbonyl (C=O) groups excluding carboxylic acids is 1. The van der Waals surface area contributed by atoms with Crippen LogP contribution in [-0.4, -0.2) is 58.2 Å². The molecule has 0 spiro atoms. The highest BCUT2D eigenvalue weighted by molar-refractivity contribution is 5.94. The summed E-state index contributed by atoms with van der Waals surface area (Å²) >= 11 is 0. The molecule has 2 aromatic carbocycles. The van der Waals surface area contributed by atoms with Gasteiger partial charge in [-0.2, -0.15) is 9.78 Å². The summed E-state index contributed by atoms with van der Waals surface area (Å²) in [6.45, 7) is 1.12. The molecule has 5 rings (SSSR count). The highest BCUT2D eigenvalue weighted by Crippen LogP contribution is 2.29. The van der Waals surface area contributed by atoms with E-state index in [2.05, 4.69) is 48.2 Å². The maximum absolute atomic E-state index is 13.2.